The van der Waals surface area contributed by atoms with Gasteiger partial charge in [-0.2, -0.15) is 0 Å². The average molecular weight is 394 g/mol. The molecule has 0 fully saturated rings. The molecule has 3 rings (SSSR count). The van der Waals surface area contributed by atoms with Crippen LogP contribution in [-0.2, 0) is 6.42 Å². The van der Waals surface area contributed by atoms with Crippen molar-refractivity contribution in [2.45, 2.75) is 20.3 Å². The number of hydrogen-bond acceptors (Lipinski definition) is 6. The predicted octanol–water partition coefficient (Wildman–Crippen LogP) is 4.54. The van der Waals surface area contributed by atoms with Crippen molar-refractivity contribution in [3.8, 4) is 17.2 Å². The van der Waals surface area contributed by atoms with Gasteiger partial charge in [0.05, 0.1) is 19.8 Å². The van der Waals surface area contributed by atoms with Crippen molar-refractivity contribution in [1.29, 1.82) is 0 Å². The number of carbonyl (C=O) groups excluding carboxylic acids is 1. The van der Waals surface area contributed by atoms with E-state index in [0.29, 0.717) is 29.3 Å². The number of allylic oxidation sites excluding steroid dienone is 2. The molecule has 0 atom stereocenters. The van der Waals surface area contributed by atoms with Crippen molar-refractivity contribution in [1.82, 2.24) is 0 Å². The maximum absolute atomic E-state index is 12.8. The zero-order valence-electron chi connectivity index (χ0n) is 16.8. The van der Waals surface area contributed by atoms with E-state index < -0.39 is 11.6 Å². The maximum atomic E-state index is 12.8. The van der Waals surface area contributed by atoms with Crippen LogP contribution in [0.5, 0.6) is 17.2 Å². The van der Waals surface area contributed by atoms with E-state index in [9.17, 15) is 9.59 Å². The van der Waals surface area contributed by atoms with E-state index in [2.05, 4.69) is 0 Å². The molecule has 0 aliphatic heterocycles. The third-order valence-electron chi connectivity index (χ3n) is 4.32. The van der Waals surface area contributed by atoms with Crippen molar-refractivity contribution in [2.24, 2.45) is 0 Å². The van der Waals surface area contributed by atoms with Crippen molar-refractivity contribution in [2.75, 3.05) is 14.2 Å². The molecule has 0 aliphatic rings. The molecular formula is C23H22O6. The van der Waals surface area contributed by atoms with Gasteiger partial charge >= 0.3 is 11.6 Å². The molecule has 0 radical (unpaired) electrons. The molecule has 0 amide bonds. The number of benzene rings is 2. The molecule has 1 heterocycles. The van der Waals surface area contributed by atoms with E-state index in [-0.39, 0.29) is 5.56 Å². The largest absolute Gasteiger partial charge is 0.497 e. The molecule has 150 valence electrons. The van der Waals surface area contributed by atoms with Crippen molar-refractivity contribution in [3.63, 3.8) is 0 Å². The summed E-state index contributed by atoms with van der Waals surface area (Å²) in [5.74, 6) is 0.713. The van der Waals surface area contributed by atoms with Gasteiger partial charge in [0, 0.05) is 23.6 Å². The number of rotatable bonds is 6. The highest BCUT2D eigenvalue weighted by molar-refractivity contribution is 5.93. The van der Waals surface area contributed by atoms with Gasteiger partial charge in [0.1, 0.15) is 22.8 Å². The van der Waals surface area contributed by atoms with E-state index in [1.807, 2.05) is 26.0 Å². The number of fused-ring (bicyclic) bond motifs is 1. The van der Waals surface area contributed by atoms with Crippen LogP contribution in [0.3, 0.4) is 0 Å². The summed E-state index contributed by atoms with van der Waals surface area (Å²) < 4.78 is 21.3. The van der Waals surface area contributed by atoms with Crippen LogP contribution in [0.2, 0.25) is 0 Å². The third kappa shape index (κ3) is 4.85. The van der Waals surface area contributed by atoms with Crippen molar-refractivity contribution in [3.05, 3.63) is 75.7 Å². The number of carbonyl (C=O) groups is 1. The standard InChI is InChI=1S/C23H22O6/c1-14(2)5-6-15-9-16-7-8-22(24)28-20(16)13-21(15)29-23(25)17-10-18(26-3)12-19(11-17)27-4/h5,7-13H,6H2,1-4H3. The predicted molar refractivity (Wildman–Crippen MR) is 110 cm³/mol. The minimum Gasteiger partial charge on any atom is -0.497 e. The molecule has 6 nitrogen and oxygen atoms in total. The number of ether oxygens (including phenoxy) is 3. The Bertz CT molecular complexity index is 1110. The fourth-order valence-electron chi connectivity index (χ4n) is 2.80. The topological polar surface area (TPSA) is 75.0 Å². The Morgan fingerprint density at radius 3 is 2.31 bits per heavy atom. The average Bonchev–Trinajstić information content (AvgIpc) is 2.71. The van der Waals surface area contributed by atoms with E-state index in [0.717, 1.165) is 16.5 Å². The summed E-state index contributed by atoms with van der Waals surface area (Å²) in [4.78, 5) is 24.4. The molecule has 0 N–H and O–H groups in total. The van der Waals surface area contributed by atoms with Crippen LogP contribution < -0.4 is 19.8 Å². The van der Waals surface area contributed by atoms with E-state index in [4.69, 9.17) is 18.6 Å². The van der Waals surface area contributed by atoms with Gasteiger partial charge in [-0.1, -0.05) is 11.6 Å². The Kier molecular flexibility index (Phi) is 6.02. The van der Waals surface area contributed by atoms with Gasteiger partial charge in [-0.3, -0.25) is 0 Å². The first-order valence-electron chi connectivity index (χ1n) is 9.05. The minimum atomic E-state index is -0.571. The zero-order valence-corrected chi connectivity index (χ0v) is 16.8. The summed E-state index contributed by atoms with van der Waals surface area (Å²) in [6.07, 6.45) is 2.60. The fraction of sp³-hybridized carbons (Fsp3) is 0.217. The summed E-state index contributed by atoms with van der Waals surface area (Å²) in [6, 6.07) is 11.3. The molecule has 0 bridgehead atoms. The van der Waals surface area contributed by atoms with E-state index in [1.54, 1.807) is 30.3 Å². The smallest absolute Gasteiger partial charge is 0.343 e. The second-order valence-electron chi connectivity index (χ2n) is 6.73. The Morgan fingerprint density at radius 1 is 1.00 bits per heavy atom. The Hall–Kier alpha value is -3.54. The van der Waals surface area contributed by atoms with Crippen LogP contribution in [0.4, 0.5) is 0 Å². The molecule has 0 unspecified atom stereocenters. The first-order chi connectivity index (χ1) is 13.9. The van der Waals surface area contributed by atoms with E-state index in [1.165, 1.54) is 20.3 Å². The van der Waals surface area contributed by atoms with Crippen LogP contribution in [0, 0.1) is 0 Å². The van der Waals surface area contributed by atoms with Crippen LogP contribution in [0.15, 0.2) is 63.3 Å². The van der Waals surface area contributed by atoms with Crippen LogP contribution in [-0.4, -0.2) is 20.2 Å². The van der Waals surface area contributed by atoms with Crippen LogP contribution in [0.25, 0.3) is 11.0 Å². The second-order valence-corrected chi connectivity index (χ2v) is 6.73. The van der Waals surface area contributed by atoms with Gasteiger partial charge in [-0.15, -0.1) is 0 Å². The quantitative estimate of drug-likeness (QED) is 0.264. The summed E-state index contributed by atoms with van der Waals surface area (Å²) in [5, 5.41) is 0.754. The van der Waals surface area contributed by atoms with Crippen molar-refractivity contribution >= 4 is 16.9 Å². The molecule has 6 heteroatoms. The Balaban J connectivity index is 2.03. The summed E-state index contributed by atoms with van der Waals surface area (Å²) >= 11 is 0. The molecule has 3 aromatic rings. The molecule has 29 heavy (non-hydrogen) atoms. The monoisotopic (exact) mass is 394 g/mol. The lowest BCUT2D eigenvalue weighted by molar-refractivity contribution is 0.0732. The highest BCUT2D eigenvalue weighted by Crippen LogP contribution is 2.29. The van der Waals surface area contributed by atoms with Crippen molar-refractivity contribution < 1.29 is 23.4 Å². The lowest BCUT2D eigenvalue weighted by Crippen LogP contribution is -2.10. The van der Waals surface area contributed by atoms with Gasteiger partial charge in [0.2, 0.25) is 0 Å². The van der Waals surface area contributed by atoms with Gasteiger partial charge in [-0.25, -0.2) is 9.59 Å². The lowest BCUT2D eigenvalue weighted by atomic mass is 10.1. The highest BCUT2D eigenvalue weighted by atomic mass is 16.5. The van der Waals surface area contributed by atoms with Gasteiger partial charge < -0.3 is 18.6 Å². The van der Waals surface area contributed by atoms with Crippen LogP contribution in [0.1, 0.15) is 29.8 Å². The normalized spacial score (nSPS) is 10.5. The maximum Gasteiger partial charge on any atom is 0.343 e. The molecule has 0 spiro atoms. The molecule has 0 saturated carbocycles. The van der Waals surface area contributed by atoms with Gasteiger partial charge in [0.25, 0.3) is 0 Å². The molecule has 0 aliphatic carbocycles. The SMILES string of the molecule is COc1cc(OC)cc(C(=O)Oc2cc3oc(=O)ccc3cc2CC=C(C)C)c1. The summed E-state index contributed by atoms with van der Waals surface area (Å²) in [5.41, 5.74) is 2.10. The number of methoxy groups -OCH3 is 2. The first kappa shape index (κ1) is 20.2. The third-order valence-corrected chi connectivity index (χ3v) is 4.32. The van der Waals surface area contributed by atoms with Crippen LogP contribution >= 0.6 is 0 Å². The molecular weight excluding hydrogens is 372 g/mol. The lowest BCUT2D eigenvalue weighted by Gasteiger charge is -2.12. The fourth-order valence-corrected chi connectivity index (χ4v) is 2.80. The molecule has 1 aromatic heterocycles. The van der Waals surface area contributed by atoms with Gasteiger partial charge in [0.15, 0.2) is 0 Å². The summed E-state index contributed by atoms with van der Waals surface area (Å²) in [7, 11) is 3.01. The first-order valence-corrected chi connectivity index (χ1v) is 9.05. The minimum absolute atomic E-state index is 0.281. The summed E-state index contributed by atoms with van der Waals surface area (Å²) in [6.45, 7) is 3.99. The number of hydrogen-bond donors (Lipinski definition) is 0. The Labute approximate surface area is 168 Å². The molecule has 0 saturated heterocycles. The zero-order chi connectivity index (χ0) is 21.0. The Morgan fingerprint density at radius 2 is 1.69 bits per heavy atom. The highest BCUT2D eigenvalue weighted by Gasteiger charge is 2.16. The van der Waals surface area contributed by atoms with Gasteiger partial charge in [-0.05, 0) is 50.1 Å². The van der Waals surface area contributed by atoms with E-state index >= 15 is 0 Å². The number of esters is 1. The molecule has 2 aromatic carbocycles. The second kappa shape index (κ2) is 8.65.